The standard InChI is InChI=1S/C16H30NO2/c1-13(18-15-9-5-3-6-10-15)17-14(2)19-16-11-7-4-8-12-16/h13-16H,3-12H2,1-2H3. The largest absolute Gasteiger partial charge is 0.359 e. The van der Waals surface area contributed by atoms with Gasteiger partial charge in [-0.25, -0.2) is 0 Å². The Kier molecular flexibility index (Phi) is 6.62. The van der Waals surface area contributed by atoms with Crippen LogP contribution in [0.5, 0.6) is 0 Å². The van der Waals surface area contributed by atoms with Crippen LogP contribution in [0, 0.1) is 0 Å². The van der Waals surface area contributed by atoms with Crippen molar-refractivity contribution in [1.29, 1.82) is 0 Å². The molecule has 3 nitrogen and oxygen atoms in total. The summed E-state index contributed by atoms with van der Waals surface area (Å²) in [6.07, 6.45) is 13.6. The molecule has 2 unspecified atom stereocenters. The third kappa shape index (κ3) is 5.80. The van der Waals surface area contributed by atoms with E-state index in [2.05, 4.69) is 19.2 Å². The van der Waals surface area contributed by atoms with Gasteiger partial charge in [0.15, 0.2) is 0 Å². The molecule has 0 saturated heterocycles. The summed E-state index contributed by atoms with van der Waals surface area (Å²) in [4.78, 5) is 0. The molecule has 2 rings (SSSR count). The Balaban J connectivity index is 1.61. The predicted octanol–water partition coefficient (Wildman–Crippen LogP) is 3.98. The molecule has 0 amide bonds. The number of hydrogen-bond donors (Lipinski definition) is 0. The molecule has 0 bridgehead atoms. The Labute approximate surface area is 118 Å². The van der Waals surface area contributed by atoms with E-state index in [9.17, 15) is 0 Å². The van der Waals surface area contributed by atoms with E-state index in [1.807, 2.05) is 0 Å². The van der Waals surface area contributed by atoms with Crippen molar-refractivity contribution < 1.29 is 9.47 Å². The van der Waals surface area contributed by atoms with Crippen LogP contribution in [0.2, 0.25) is 0 Å². The lowest BCUT2D eigenvalue weighted by atomic mass is 9.98. The molecule has 3 heteroatoms. The van der Waals surface area contributed by atoms with E-state index < -0.39 is 0 Å². The maximum absolute atomic E-state index is 6.00. The van der Waals surface area contributed by atoms with Gasteiger partial charge in [0.2, 0.25) is 0 Å². The van der Waals surface area contributed by atoms with E-state index in [1.54, 1.807) is 0 Å². The third-order valence-electron chi connectivity index (χ3n) is 4.30. The summed E-state index contributed by atoms with van der Waals surface area (Å²) in [5, 5.41) is 4.62. The molecule has 2 aliphatic rings. The first-order chi connectivity index (χ1) is 9.24. The topological polar surface area (TPSA) is 32.6 Å². The lowest BCUT2D eigenvalue weighted by Gasteiger charge is -2.29. The van der Waals surface area contributed by atoms with Crippen molar-refractivity contribution in [3.05, 3.63) is 0 Å². The summed E-state index contributed by atoms with van der Waals surface area (Å²) >= 11 is 0. The van der Waals surface area contributed by atoms with Crippen molar-refractivity contribution in [2.24, 2.45) is 0 Å². The maximum Gasteiger partial charge on any atom is 0.123 e. The van der Waals surface area contributed by atoms with Crippen molar-refractivity contribution in [3.8, 4) is 0 Å². The van der Waals surface area contributed by atoms with Gasteiger partial charge in [-0.15, -0.1) is 0 Å². The number of nitrogens with zero attached hydrogens (tertiary/aromatic N) is 1. The smallest absolute Gasteiger partial charge is 0.123 e. The highest BCUT2D eigenvalue weighted by Crippen LogP contribution is 2.23. The molecule has 0 aliphatic heterocycles. The van der Waals surface area contributed by atoms with Crippen LogP contribution in [0.25, 0.3) is 0 Å². The van der Waals surface area contributed by atoms with Gasteiger partial charge < -0.3 is 9.47 Å². The zero-order valence-corrected chi connectivity index (χ0v) is 12.6. The molecule has 0 spiro atoms. The molecule has 2 fully saturated rings. The monoisotopic (exact) mass is 268 g/mol. The third-order valence-corrected chi connectivity index (χ3v) is 4.30. The summed E-state index contributed by atoms with van der Waals surface area (Å²) in [7, 11) is 0. The van der Waals surface area contributed by atoms with E-state index >= 15 is 0 Å². The molecular formula is C16H30NO2. The fourth-order valence-corrected chi connectivity index (χ4v) is 3.33. The van der Waals surface area contributed by atoms with Crippen LogP contribution >= 0.6 is 0 Å². The minimum absolute atomic E-state index is 0.0262. The van der Waals surface area contributed by atoms with Crippen molar-refractivity contribution in [2.75, 3.05) is 0 Å². The lowest BCUT2D eigenvalue weighted by molar-refractivity contribution is -0.0973. The lowest BCUT2D eigenvalue weighted by Crippen LogP contribution is -2.37. The zero-order chi connectivity index (χ0) is 13.5. The van der Waals surface area contributed by atoms with Gasteiger partial charge in [0.1, 0.15) is 12.5 Å². The Morgan fingerprint density at radius 3 is 1.42 bits per heavy atom. The van der Waals surface area contributed by atoms with E-state index in [4.69, 9.17) is 9.47 Å². The summed E-state index contributed by atoms with van der Waals surface area (Å²) in [5.74, 6) is 0. The quantitative estimate of drug-likeness (QED) is 0.730. The van der Waals surface area contributed by atoms with E-state index in [0.717, 1.165) is 0 Å². The second-order valence-electron chi connectivity index (χ2n) is 6.14. The first kappa shape index (κ1) is 15.3. The van der Waals surface area contributed by atoms with Crippen LogP contribution in [-0.4, -0.2) is 24.7 Å². The van der Waals surface area contributed by atoms with Crippen molar-refractivity contribution >= 4 is 0 Å². The normalized spacial score (nSPS) is 26.2. The second kappa shape index (κ2) is 8.23. The molecule has 2 saturated carbocycles. The van der Waals surface area contributed by atoms with Crippen LogP contribution in [0.1, 0.15) is 78.1 Å². The van der Waals surface area contributed by atoms with Crippen LogP contribution in [0.15, 0.2) is 0 Å². The second-order valence-corrected chi connectivity index (χ2v) is 6.14. The molecule has 1 radical (unpaired) electrons. The molecular weight excluding hydrogens is 238 g/mol. The highest BCUT2D eigenvalue weighted by atomic mass is 16.5. The average Bonchev–Trinajstić information content (AvgIpc) is 2.40. The zero-order valence-electron chi connectivity index (χ0n) is 12.6. The van der Waals surface area contributed by atoms with E-state index in [1.165, 1.54) is 64.2 Å². The Morgan fingerprint density at radius 1 is 0.684 bits per heavy atom. The van der Waals surface area contributed by atoms with Gasteiger partial charge in [0.05, 0.1) is 12.2 Å². The predicted molar refractivity (Wildman–Crippen MR) is 77.0 cm³/mol. The number of hydrogen-bond acceptors (Lipinski definition) is 2. The van der Waals surface area contributed by atoms with E-state index in [-0.39, 0.29) is 12.5 Å². The van der Waals surface area contributed by atoms with Gasteiger partial charge in [0.25, 0.3) is 0 Å². The molecule has 0 aromatic rings. The summed E-state index contributed by atoms with van der Waals surface area (Å²) < 4.78 is 12.0. The molecule has 0 aromatic carbocycles. The molecule has 0 aromatic heterocycles. The molecule has 2 atom stereocenters. The molecule has 0 heterocycles. The molecule has 19 heavy (non-hydrogen) atoms. The van der Waals surface area contributed by atoms with Crippen LogP contribution < -0.4 is 5.32 Å². The van der Waals surface area contributed by atoms with Gasteiger partial charge in [-0.1, -0.05) is 38.5 Å². The number of rotatable bonds is 6. The van der Waals surface area contributed by atoms with Gasteiger partial charge in [-0.2, -0.15) is 5.32 Å². The summed E-state index contributed by atoms with van der Waals surface area (Å²) in [6.45, 7) is 4.10. The van der Waals surface area contributed by atoms with E-state index in [0.29, 0.717) is 12.2 Å². The van der Waals surface area contributed by atoms with Crippen molar-refractivity contribution in [3.63, 3.8) is 0 Å². The first-order valence-corrected chi connectivity index (χ1v) is 8.25. The minimum Gasteiger partial charge on any atom is -0.359 e. The van der Waals surface area contributed by atoms with Crippen LogP contribution in [-0.2, 0) is 9.47 Å². The fraction of sp³-hybridized carbons (Fsp3) is 1.00. The SMILES string of the molecule is CC([N]C(C)OC1CCCCC1)OC1CCCCC1. The highest BCUT2D eigenvalue weighted by Gasteiger charge is 2.21. The van der Waals surface area contributed by atoms with Crippen LogP contribution in [0.4, 0.5) is 0 Å². The maximum atomic E-state index is 6.00. The van der Waals surface area contributed by atoms with Gasteiger partial charge in [-0.3, -0.25) is 0 Å². The van der Waals surface area contributed by atoms with Gasteiger partial charge >= 0.3 is 0 Å². The van der Waals surface area contributed by atoms with Crippen LogP contribution in [0.3, 0.4) is 0 Å². The minimum atomic E-state index is -0.0262. The highest BCUT2D eigenvalue weighted by molar-refractivity contribution is 4.68. The average molecular weight is 268 g/mol. The van der Waals surface area contributed by atoms with Gasteiger partial charge in [-0.05, 0) is 39.5 Å². The van der Waals surface area contributed by atoms with Gasteiger partial charge in [0, 0.05) is 0 Å². The molecule has 2 aliphatic carbocycles. The summed E-state index contributed by atoms with van der Waals surface area (Å²) in [5.41, 5.74) is 0. The Bertz CT molecular complexity index is 211. The Hall–Kier alpha value is -0.120. The first-order valence-electron chi connectivity index (χ1n) is 8.25. The fourth-order valence-electron chi connectivity index (χ4n) is 3.33. The Morgan fingerprint density at radius 2 is 1.05 bits per heavy atom. The van der Waals surface area contributed by atoms with Crippen molar-refractivity contribution in [2.45, 2.75) is 103 Å². The van der Waals surface area contributed by atoms with Crippen molar-refractivity contribution in [1.82, 2.24) is 5.32 Å². The number of ether oxygens (including phenoxy) is 2. The molecule has 0 N–H and O–H groups in total. The summed E-state index contributed by atoms with van der Waals surface area (Å²) in [6, 6.07) is 0. The molecule has 111 valence electrons.